The fourth-order valence-electron chi connectivity index (χ4n) is 3.43. The number of ether oxygens (including phenoxy) is 1. The molecule has 0 atom stereocenters. The van der Waals surface area contributed by atoms with Crippen LogP contribution in [0.15, 0.2) is 46.2 Å². The summed E-state index contributed by atoms with van der Waals surface area (Å²) in [5, 5.41) is 5.75. The average molecular weight is 504 g/mol. The maximum Gasteiger partial charge on any atom is 0.255 e. The second-order valence-electron chi connectivity index (χ2n) is 7.59. The van der Waals surface area contributed by atoms with Gasteiger partial charge in [-0.1, -0.05) is 0 Å². The third kappa shape index (κ3) is 4.62. The number of nitrogens with one attached hydrogen (secondary N) is 1. The number of carbonyl (C=O) groups is 1. The van der Waals surface area contributed by atoms with Crippen LogP contribution in [0.2, 0.25) is 0 Å². The van der Waals surface area contributed by atoms with Crippen LogP contribution in [0.5, 0.6) is 5.75 Å². The normalized spacial score (nSPS) is 11.6. The fourth-order valence-corrected chi connectivity index (χ4v) is 4.53. The van der Waals surface area contributed by atoms with Crippen molar-refractivity contribution >= 4 is 43.9 Å². The Bertz CT molecular complexity index is 1480. The van der Waals surface area contributed by atoms with Crippen LogP contribution in [-0.4, -0.2) is 39.7 Å². The number of halogens is 1. The van der Waals surface area contributed by atoms with Crippen LogP contribution in [0, 0.1) is 12.7 Å². The highest BCUT2D eigenvalue weighted by Crippen LogP contribution is 2.41. The predicted octanol–water partition coefficient (Wildman–Crippen LogP) is 4.34. The number of rotatable bonds is 7. The van der Waals surface area contributed by atoms with E-state index < -0.39 is 21.7 Å². The maximum absolute atomic E-state index is 13.5. The van der Waals surface area contributed by atoms with Gasteiger partial charge in [0.15, 0.2) is 0 Å². The number of anilines is 1. The van der Waals surface area contributed by atoms with Crippen LogP contribution in [0.3, 0.4) is 0 Å². The molecule has 0 aliphatic carbocycles. The number of fused-ring (bicyclic) bond motifs is 1. The first-order chi connectivity index (χ1) is 16.1. The van der Waals surface area contributed by atoms with Crippen molar-refractivity contribution < 1.29 is 26.8 Å². The predicted molar refractivity (Wildman–Crippen MR) is 129 cm³/mol. The Morgan fingerprint density at radius 2 is 1.97 bits per heavy atom. The van der Waals surface area contributed by atoms with Gasteiger partial charge >= 0.3 is 0 Å². The Morgan fingerprint density at radius 3 is 2.56 bits per heavy atom. The number of hydrogen-bond donors (Lipinski definition) is 1. The van der Waals surface area contributed by atoms with Crippen LogP contribution in [0.4, 0.5) is 10.1 Å². The summed E-state index contributed by atoms with van der Waals surface area (Å²) in [5.41, 5.74) is 1.94. The number of benzene rings is 2. The first kappa shape index (κ1) is 23.7. The van der Waals surface area contributed by atoms with E-state index in [0.717, 1.165) is 15.6 Å². The summed E-state index contributed by atoms with van der Waals surface area (Å²) in [6.07, 6.45) is 1.08. The Balaban J connectivity index is 1.92. The molecule has 1 N–H and O–H groups in total. The molecule has 0 unspecified atom stereocenters. The number of amides is 1. The molecule has 0 saturated heterocycles. The average Bonchev–Trinajstić information content (AvgIpc) is 3.38. The summed E-state index contributed by atoms with van der Waals surface area (Å²) in [6.45, 7) is 1.99. The van der Waals surface area contributed by atoms with Gasteiger partial charge in [0.05, 0.1) is 28.2 Å². The third-order valence-electron chi connectivity index (χ3n) is 5.21. The molecule has 8 nitrogen and oxygen atoms in total. The van der Waals surface area contributed by atoms with Crippen molar-refractivity contribution in [1.82, 2.24) is 10.3 Å². The van der Waals surface area contributed by atoms with Crippen molar-refractivity contribution in [2.45, 2.75) is 13.5 Å². The molecule has 2 heterocycles. The van der Waals surface area contributed by atoms with E-state index in [0.29, 0.717) is 16.6 Å². The molecule has 2 aromatic heterocycles. The minimum atomic E-state index is -3.63. The molecule has 0 radical (unpaired) electrons. The van der Waals surface area contributed by atoms with Gasteiger partial charge in [0.1, 0.15) is 29.5 Å². The van der Waals surface area contributed by atoms with Crippen molar-refractivity contribution in [2.24, 2.45) is 0 Å². The number of thiazole rings is 1. The quantitative estimate of drug-likeness (QED) is 0.403. The van der Waals surface area contributed by atoms with Gasteiger partial charge in [0.25, 0.3) is 5.91 Å². The number of aromatic nitrogens is 1. The van der Waals surface area contributed by atoms with Crippen LogP contribution in [-0.2, 0) is 16.6 Å². The van der Waals surface area contributed by atoms with Gasteiger partial charge in [0, 0.05) is 36.5 Å². The second kappa shape index (κ2) is 9.07. The number of hydrogen-bond acceptors (Lipinski definition) is 7. The van der Waals surface area contributed by atoms with Crippen LogP contribution in [0.1, 0.15) is 21.1 Å². The first-order valence-electron chi connectivity index (χ1n) is 10.1. The molecular weight excluding hydrogens is 481 g/mol. The van der Waals surface area contributed by atoms with Gasteiger partial charge in [-0.3, -0.25) is 9.10 Å². The summed E-state index contributed by atoms with van der Waals surface area (Å²) in [5.74, 6) is -0.368. The standard InChI is InChI=1S/C23H22FN3O5S2/c1-13-26-16(12-33-13)11-31-20-9-17-19(10-18(20)27(3)34(4,29)30)32-22(21(17)23(28)25-2)14-5-7-15(24)8-6-14/h5-10,12H,11H2,1-4H3,(H,25,28). The van der Waals surface area contributed by atoms with Crippen LogP contribution < -0.4 is 14.4 Å². The second-order valence-corrected chi connectivity index (χ2v) is 10.7. The number of carbonyl (C=O) groups excluding carboxylic acids is 1. The minimum Gasteiger partial charge on any atom is -0.485 e. The number of sulfonamides is 1. The van der Waals surface area contributed by atoms with E-state index in [2.05, 4.69) is 10.3 Å². The zero-order valence-corrected chi connectivity index (χ0v) is 20.5. The zero-order valence-electron chi connectivity index (χ0n) is 18.9. The summed E-state index contributed by atoms with van der Waals surface area (Å²) in [6, 6.07) is 8.63. The molecule has 1 amide bonds. The fraction of sp³-hybridized carbons (Fsp3) is 0.217. The minimum absolute atomic E-state index is 0.110. The molecule has 11 heteroatoms. The van der Waals surface area contributed by atoms with E-state index in [1.54, 1.807) is 6.07 Å². The molecule has 4 rings (SSSR count). The van der Waals surface area contributed by atoms with Crippen LogP contribution in [0.25, 0.3) is 22.3 Å². The lowest BCUT2D eigenvalue weighted by molar-refractivity contribution is 0.0964. The Morgan fingerprint density at radius 1 is 1.26 bits per heavy atom. The largest absolute Gasteiger partial charge is 0.485 e. The van der Waals surface area contributed by atoms with E-state index in [4.69, 9.17) is 9.15 Å². The summed E-state index contributed by atoms with van der Waals surface area (Å²) in [4.78, 5) is 17.2. The molecular formula is C23H22FN3O5S2. The molecule has 0 aliphatic rings. The molecule has 0 aliphatic heterocycles. The van der Waals surface area contributed by atoms with Gasteiger partial charge < -0.3 is 14.5 Å². The van der Waals surface area contributed by atoms with Crippen molar-refractivity contribution in [3.63, 3.8) is 0 Å². The first-order valence-corrected chi connectivity index (χ1v) is 12.9. The van der Waals surface area contributed by atoms with Gasteiger partial charge in [-0.2, -0.15) is 0 Å². The lowest BCUT2D eigenvalue weighted by Crippen LogP contribution is -2.25. The molecule has 34 heavy (non-hydrogen) atoms. The van der Waals surface area contributed by atoms with E-state index in [1.807, 2.05) is 12.3 Å². The molecule has 0 bridgehead atoms. The van der Waals surface area contributed by atoms with Crippen LogP contribution >= 0.6 is 11.3 Å². The topological polar surface area (TPSA) is 102 Å². The van der Waals surface area contributed by atoms with E-state index in [-0.39, 0.29) is 35.0 Å². The van der Waals surface area contributed by atoms with Crippen molar-refractivity contribution in [3.05, 3.63) is 63.9 Å². The SMILES string of the molecule is CNC(=O)c1c(-c2ccc(F)cc2)oc2cc(N(C)S(C)(=O)=O)c(OCc3csc(C)n3)cc12. The zero-order chi connectivity index (χ0) is 24.6. The van der Waals surface area contributed by atoms with E-state index >= 15 is 0 Å². The number of aryl methyl sites for hydroxylation is 1. The summed E-state index contributed by atoms with van der Waals surface area (Å²) in [7, 11) is -0.738. The highest BCUT2D eigenvalue weighted by molar-refractivity contribution is 7.92. The highest BCUT2D eigenvalue weighted by atomic mass is 32.2. The smallest absolute Gasteiger partial charge is 0.255 e. The third-order valence-corrected chi connectivity index (χ3v) is 7.22. The summed E-state index contributed by atoms with van der Waals surface area (Å²) < 4.78 is 51.1. The number of furan rings is 1. The Kier molecular flexibility index (Phi) is 6.32. The molecule has 2 aromatic carbocycles. The van der Waals surface area contributed by atoms with Gasteiger partial charge in [-0.15, -0.1) is 11.3 Å². The Hall–Kier alpha value is -3.44. The molecule has 0 fully saturated rings. The molecule has 0 saturated carbocycles. The molecule has 0 spiro atoms. The number of nitrogens with zero attached hydrogens (tertiary/aromatic N) is 2. The van der Waals surface area contributed by atoms with Gasteiger partial charge in [-0.25, -0.2) is 17.8 Å². The van der Waals surface area contributed by atoms with Crippen molar-refractivity contribution in [1.29, 1.82) is 0 Å². The van der Waals surface area contributed by atoms with Gasteiger partial charge in [0.2, 0.25) is 10.0 Å². The van der Waals surface area contributed by atoms with Gasteiger partial charge in [-0.05, 0) is 37.3 Å². The van der Waals surface area contributed by atoms with Crippen molar-refractivity contribution in [2.75, 3.05) is 24.7 Å². The maximum atomic E-state index is 13.5. The molecule has 4 aromatic rings. The highest BCUT2D eigenvalue weighted by Gasteiger charge is 2.26. The monoisotopic (exact) mass is 503 g/mol. The molecule has 178 valence electrons. The lowest BCUT2D eigenvalue weighted by atomic mass is 10.0. The lowest BCUT2D eigenvalue weighted by Gasteiger charge is -2.20. The Labute approximate surface area is 200 Å². The summed E-state index contributed by atoms with van der Waals surface area (Å²) >= 11 is 1.48. The van der Waals surface area contributed by atoms with E-state index in [1.165, 1.54) is 55.8 Å². The van der Waals surface area contributed by atoms with Crippen molar-refractivity contribution in [3.8, 4) is 17.1 Å². The van der Waals surface area contributed by atoms with E-state index in [9.17, 15) is 17.6 Å².